The summed E-state index contributed by atoms with van der Waals surface area (Å²) in [5, 5.41) is 1.83. The number of piperidine rings is 1. The number of hydrogen-bond acceptors (Lipinski definition) is 4. The molecule has 0 bridgehead atoms. The van der Waals surface area contributed by atoms with E-state index < -0.39 is 10.0 Å². The van der Waals surface area contributed by atoms with Gasteiger partial charge in [0.1, 0.15) is 4.21 Å². The first-order valence-electron chi connectivity index (χ1n) is 6.74. The Balaban J connectivity index is 1.79. The van der Waals surface area contributed by atoms with Gasteiger partial charge in [-0.2, -0.15) is 4.31 Å². The van der Waals surface area contributed by atoms with Crippen molar-refractivity contribution in [2.75, 3.05) is 33.2 Å². The van der Waals surface area contributed by atoms with Crippen LogP contribution in [0.5, 0.6) is 0 Å². The highest BCUT2D eigenvalue weighted by molar-refractivity contribution is 7.91. The van der Waals surface area contributed by atoms with Crippen molar-refractivity contribution in [1.82, 2.24) is 9.21 Å². The molecule has 3 heterocycles. The number of nitrogens with zero attached hydrogens (tertiary/aromatic N) is 2. The van der Waals surface area contributed by atoms with Gasteiger partial charge in [0.25, 0.3) is 10.0 Å². The van der Waals surface area contributed by atoms with E-state index in [1.165, 1.54) is 17.8 Å². The van der Waals surface area contributed by atoms with Crippen LogP contribution in [-0.4, -0.2) is 50.8 Å². The van der Waals surface area contributed by atoms with Gasteiger partial charge in [-0.05, 0) is 49.7 Å². The predicted octanol–water partition coefficient (Wildman–Crippen LogP) is 1.85. The van der Waals surface area contributed by atoms with Gasteiger partial charge in [0.2, 0.25) is 0 Å². The smallest absolute Gasteiger partial charge is 0.252 e. The molecule has 0 unspecified atom stereocenters. The number of rotatable bonds is 2. The standard InChI is InChI=1S/C13H20N2O2S2/c1-14-7-3-5-13(10-14)6-8-15(11-13)19(16,17)12-4-2-9-18-12/h2,4,9H,3,5-8,10-11H2,1H3/t13-/m1/s1. The minimum absolute atomic E-state index is 0.192. The second kappa shape index (κ2) is 4.84. The van der Waals surface area contributed by atoms with Gasteiger partial charge in [-0.3, -0.25) is 0 Å². The molecule has 1 spiro atoms. The highest BCUT2D eigenvalue weighted by Crippen LogP contribution is 2.40. The van der Waals surface area contributed by atoms with Gasteiger partial charge < -0.3 is 4.90 Å². The van der Waals surface area contributed by atoms with Crippen molar-refractivity contribution in [3.8, 4) is 0 Å². The molecule has 2 aliphatic heterocycles. The lowest BCUT2D eigenvalue weighted by atomic mass is 9.79. The summed E-state index contributed by atoms with van der Waals surface area (Å²) in [7, 11) is -1.12. The summed E-state index contributed by atoms with van der Waals surface area (Å²) in [5.74, 6) is 0. The predicted molar refractivity (Wildman–Crippen MR) is 76.9 cm³/mol. The third kappa shape index (κ3) is 2.46. The number of likely N-dealkylation sites (tertiary alicyclic amines) is 1. The lowest BCUT2D eigenvalue weighted by molar-refractivity contribution is 0.121. The molecule has 0 radical (unpaired) electrons. The van der Waals surface area contributed by atoms with Crippen LogP contribution in [0.3, 0.4) is 0 Å². The molecule has 2 fully saturated rings. The van der Waals surface area contributed by atoms with Crippen LogP contribution < -0.4 is 0 Å². The zero-order valence-electron chi connectivity index (χ0n) is 11.2. The van der Waals surface area contributed by atoms with Crippen LogP contribution in [0.15, 0.2) is 21.7 Å². The molecule has 2 saturated heterocycles. The van der Waals surface area contributed by atoms with E-state index >= 15 is 0 Å². The van der Waals surface area contributed by atoms with E-state index in [9.17, 15) is 8.42 Å². The van der Waals surface area contributed by atoms with E-state index in [0.717, 1.165) is 25.9 Å². The largest absolute Gasteiger partial charge is 0.306 e. The lowest BCUT2D eigenvalue weighted by Crippen LogP contribution is -2.43. The van der Waals surface area contributed by atoms with Crippen molar-refractivity contribution in [3.63, 3.8) is 0 Å². The Labute approximate surface area is 119 Å². The molecule has 19 heavy (non-hydrogen) atoms. The summed E-state index contributed by atoms with van der Waals surface area (Å²) in [6, 6.07) is 3.51. The monoisotopic (exact) mass is 300 g/mol. The minimum Gasteiger partial charge on any atom is -0.306 e. The first kappa shape index (κ1) is 13.5. The van der Waals surface area contributed by atoms with Crippen molar-refractivity contribution in [3.05, 3.63) is 17.5 Å². The Kier molecular flexibility index (Phi) is 3.45. The van der Waals surface area contributed by atoms with Crippen LogP contribution in [0.25, 0.3) is 0 Å². The van der Waals surface area contributed by atoms with Crippen LogP contribution in [0.4, 0.5) is 0 Å². The SMILES string of the molecule is CN1CCC[C@@]2(CCN(S(=O)(=O)c3cccs3)C2)C1. The molecule has 0 saturated carbocycles. The van der Waals surface area contributed by atoms with E-state index in [0.29, 0.717) is 17.3 Å². The van der Waals surface area contributed by atoms with Gasteiger partial charge in [-0.25, -0.2) is 8.42 Å². The second-order valence-electron chi connectivity index (χ2n) is 5.86. The average Bonchev–Trinajstić information content (AvgIpc) is 2.99. The van der Waals surface area contributed by atoms with Crippen LogP contribution in [0.2, 0.25) is 0 Å². The highest BCUT2D eigenvalue weighted by atomic mass is 32.2. The first-order chi connectivity index (χ1) is 9.02. The molecule has 2 aliphatic rings. The maximum atomic E-state index is 12.5. The fraction of sp³-hybridized carbons (Fsp3) is 0.692. The molecule has 1 atom stereocenters. The molecule has 6 heteroatoms. The molecule has 3 rings (SSSR count). The molecule has 1 aromatic rings. The Bertz CT molecular complexity index is 541. The lowest BCUT2D eigenvalue weighted by Gasteiger charge is -2.38. The maximum absolute atomic E-state index is 12.5. The van der Waals surface area contributed by atoms with Gasteiger partial charge in [0, 0.05) is 19.6 Å². The van der Waals surface area contributed by atoms with Crippen LogP contribution in [0.1, 0.15) is 19.3 Å². The molecular weight excluding hydrogens is 280 g/mol. The van der Waals surface area contributed by atoms with Crippen molar-refractivity contribution in [2.45, 2.75) is 23.5 Å². The second-order valence-corrected chi connectivity index (χ2v) is 8.97. The van der Waals surface area contributed by atoms with Gasteiger partial charge in [0.15, 0.2) is 0 Å². The molecule has 0 N–H and O–H groups in total. The van der Waals surface area contributed by atoms with Gasteiger partial charge in [-0.15, -0.1) is 11.3 Å². The molecule has 0 aromatic carbocycles. The van der Waals surface area contributed by atoms with Gasteiger partial charge >= 0.3 is 0 Å². The van der Waals surface area contributed by atoms with Crippen LogP contribution in [0, 0.1) is 5.41 Å². The van der Waals surface area contributed by atoms with E-state index in [1.807, 2.05) is 5.38 Å². The molecule has 0 amide bonds. The van der Waals surface area contributed by atoms with Crippen molar-refractivity contribution >= 4 is 21.4 Å². The summed E-state index contributed by atoms with van der Waals surface area (Å²) in [6.07, 6.45) is 3.35. The molecule has 4 nitrogen and oxygen atoms in total. The number of hydrogen-bond donors (Lipinski definition) is 0. The summed E-state index contributed by atoms with van der Waals surface area (Å²) in [6.45, 7) is 3.54. The van der Waals surface area contributed by atoms with E-state index in [4.69, 9.17) is 0 Å². The number of sulfonamides is 1. The normalized spacial score (nSPS) is 30.2. The van der Waals surface area contributed by atoms with E-state index in [2.05, 4.69) is 11.9 Å². The van der Waals surface area contributed by atoms with E-state index in [-0.39, 0.29) is 5.41 Å². The summed E-state index contributed by atoms with van der Waals surface area (Å²) >= 11 is 1.31. The summed E-state index contributed by atoms with van der Waals surface area (Å²) in [5.41, 5.74) is 0.192. The van der Waals surface area contributed by atoms with Crippen LogP contribution >= 0.6 is 11.3 Å². The zero-order chi connectivity index (χ0) is 13.5. The van der Waals surface area contributed by atoms with Gasteiger partial charge in [-0.1, -0.05) is 6.07 Å². The Morgan fingerprint density at radius 1 is 1.26 bits per heavy atom. The Morgan fingerprint density at radius 3 is 2.79 bits per heavy atom. The third-order valence-electron chi connectivity index (χ3n) is 4.34. The van der Waals surface area contributed by atoms with E-state index in [1.54, 1.807) is 16.4 Å². The number of thiophene rings is 1. The third-order valence-corrected chi connectivity index (χ3v) is 7.56. The van der Waals surface area contributed by atoms with Crippen molar-refractivity contribution < 1.29 is 8.42 Å². The first-order valence-corrected chi connectivity index (χ1v) is 9.06. The van der Waals surface area contributed by atoms with Gasteiger partial charge in [0.05, 0.1) is 0 Å². The fourth-order valence-corrected chi connectivity index (χ4v) is 6.12. The molecule has 1 aromatic heterocycles. The van der Waals surface area contributed by atoms with Crippen molar-refractivity contribution in [2.24, 2.45) is 5.41 Å². The summed E-state index contributed by atoms with van der Waals surface area (Å²) in [4.78, 5) is 2.34. The Hall–Kier alpha value is -0.430. The van der Waals surface area contributed by atoms with Crippen LogP contribution in [-0.2, 0) is 10.0 Å². The fourth-order valence-electron chi connectivity index (χ4n) is 3.42. The summed E-state index contributed by atoms with van der Waals surface area (Å²) < 4.78 is 27.2. The molecule has 106 valence electrons. The molecular formula is C13H20N2O2S2. The minimum atomic E-state index is -3.25. The highest BCUT2D eigenvalue weighted by Gasteiger charge is 2.44. The Morgan fingerprint density at radius 2 is 2.11 bits per heavy atom. The topological polar surface area (TPSA) is 40.6 Å². The zero-order valence-corrected chi connectivity index (χ0v) is 12.8. The molecule has 0 aliphatic carbocycles. The maximum Gasteiger partial charge on any atom is 0.252 e. The van der Waals surface area contributed by atoms with Crippen molar-refractivity contribution in [1.29, 1.82) is 0 Å². The quantitative estimate of drug-likeness (QED) is 0.837. The average molecular weight is 300 g/mol.